The first kappa shape index (κ1) is 15.9. The second-order valence-electron chi connectivity index (χ2n) is 6.09. The van der Waals surface area contributed by atoms with Gasteiger partial charge in [-0.1, -0.05) is 6.08 Å². The minimum absolute atomic E-state index is 0.180. The first-order chi connectivity index (χ1) is 9.66. The van der Waals surface area contributed by atoms with Crippen molar-refractivity contribution in [3.05, 3.63) is 29.1 Å². The van der Waals surface area contributed by atoms with Gasteiger partial charge in [0.1, 0.15) is 11.6 Å². The molecule has 1 saturated heterocycles. The molecule has 21 heavy (non-hydrogen) atoms. The van der Waals surface area contributed by atoms with Gasteiger partial charge in [0, 0.05) is 5.56 Å². The Kier molecular flexibility index (Phi) is 4.10. The summed E-state index contributed by atoms with van der Waals surface area (Å²) in [5.74, 6) is -0.319. The van der Waals surface area contributed by atoms with Crippen molar-refractivity contribution < 1.29 is 18.8 Å². The number of nitrogens with zero attached hydrogens (tertiary/aromatic N) is 1. The Hall–Kier alpha value is -1.44. The van der Waals surface area contributed by atoms with Crippen molar-refractivity contribution in [1.82, 2.24) is 4.98 Å². The van der Waals surface area contributed by atoms with Gasteiger partial charge in [-0.25, -0.2) is 9.37 Å². The third-order valence-corrected chi connectivity index (χ3v) is 4.00. The number of nitrogens with two attached hydrogens (primary N) is 1. The molecule has 1 aliphatic rings. The Bertz CT molecular complexity index is 559. The van der Waals surface area contributed by atoms with E-state index in [1.807, 2.05) is 27.7 Å². The van der Waals surface area contributed by atoms with Crippen LogP contribution < -0.4 is 5.73 Å². The lowest BCUT2D eigenvalue weighted by atomic mass is 9.77. The van der Waals surface area contributed by atoms with E-state index in [1.54, 1.807) is 6.08 Å². The lowest BCUT2D eigenvalue weighted by molar-refractivity contribution is 0.00578. The van der Waals surface area contributed by atoms with Crippen molar-refractivity contribution in [2.24, 2.45) is 0 Å². The van der Waals surface area contributed by atoms with Gasteiger partial charge in [0.05, 0.1) is 24.0 Å². The second kappa shape index (κ2) is 5.40. The molecule has 0 bridgehead atoms. The van der Waals surface area contributed by atoms with Gasteiger partial charge in [0.15, 0.2) is 0 Å². The van der Waals surface area contributed by atoms with E-state index in [0.29, 0.717) is 11.0 Å². The van der Waals surface area contributed by atoms with Gasteiger partial charge in [-0.05, 0) is 39.2 Å². The van der Waals surface area contributed by atoms with Crippen molar-refractivity contribution in [2.75, 3.05) is 12.3 Å². The fourth-order valence-corrected chi connectivity index (χ4v) is 1.96. The summed E-state index contributed by atoms with van der Waals surface area (Å²) < 4.78 is 25.0. The van der Waals surface area contributed by atoms with Gasteiger partial charge >= 0.3 is 7.12 Å². The van der Waals surface area contributed by atoms with Gasteiger partial charge in [-0.15, -0.1) is 0 Å². The Morgan fingerprint density at radius 3 is 2.48 bits per heavy atom. The van der Waals surface area contributed by atoms with E-state index in [4.69, 9.17) is 15.0 Å². The van der Waals surface area contributed by atoms with Crippen LogP contribution in [0.2, 0.25) is 0 Å². The number of aromatic nitrogens is 1. The highest BCUT2D eigenvalue weighted by molar-refractivity contribution is 6.55. The van der Waals surface area contributed by atoms with Gasteiger partial charge in [0.25, 0.3) is 0 Å². The normalized spacial score (nSPS) is 20.9. The molecule has 1 aromatic heterocycles. The highest BCUT2D eigenvalue weighted by Crippen LogP contribution is 2.38. The number of rotatable bonds is 3. The Balaban J connectivity index is 2.33. The molecule has 1 aromatic rings. The molecule has 114 valence electrons. The lowest BCUT2D eigenvalue weighted by Gasteiger charge is -2.32. The van der Waals surface area contributed by atoms with E-state index in [9.17, 15) is 9.50 Å². The van der Waals surface area contributed by atoms with Crippen LogP contribution in [0, 0.1) is 5.82 Å². The van der Waals surface area contributed by atoms with Crippen LogP contribution in [0.5, 0.6) is 0 Å². The molecule has 7 heteroatoms. The molecule has 3 N–H and O–H groups in total. The molecule has 1 aliphatic heterocycles. The summed E-state index contributed by atoms with van der Waals surface area (Å²) in [6.45, 7) is 7.38. The number of hydrogen-bond acceptors (Lipinski definition) is 5. The number of anilines is 1. The summed E-state index contributed by atoms with van der Waals surface area (Å²) in [6.07, 6.45) is 2.59. The van der Waals surface area contributed by atoms with Crippen molar-refractivity contribution in [3.63, 3.8) is 0 Å². The summed E-state index contributed by atoms with van der Waals surface area (Å²) in [4.78, 5) is 3.74. The summed E-state index contributed by atoms with van der Waals surface area (Å²) in [5, 5.41) is 9.57. The van der Waals surface area contributed by atoms with Crippen molar-refractivity contribution in [3.8, 4) is 0 Å². The van der Waals surface area contributed by atoms with E-state index in [1.165, 1.54) is 6.07 Å². The standard InChI is InChI=1S/C14H20BFN2O3/c1-13(2)14(3,4)21-15(20-13)10(8-19)5-9-6-11(16)7-18-12(9)17/h5-7,19H,8H2,1-4H3,(H2,17,18). The SMILES string of the molecule is CC1(C)OB(C(=Cc2cc(F)cnc2N)CO)OC1(C)C. The largest absolute Gasteiger partial charge is 0.492 e. The minimum atomic E-state index is -0.706. The third-order valence-electron chi connectivity index (χ3n) is 4.00. The Morgan fingerprint density at radius 2 is 1.95 bits per heavy atom. The molecule has 0 radical (unpaired) electrons. The predicted molar refractivity (Wildman–Crippen MR) is 79.8 cm³/mol. The molecular weight excluding hydrogens is 274 g/mol. The van der Waals surface area contributed by atoms with Crippen molar-refractivity contribution >= 4 is 19.0 Å². The molecule has 5 nitrogen and oxygen atoms in total. The van der Waals surface area contributed by atoms with Gasteiger partial charge in [0.2, 0.25) is 0 Å². The monoisotopic (exact) mass is 294 g/mol. The number of hydrogen-bond donors (Lipinski definition) is 2. The highest BCUT2D eigenvalue weighted by Gasteiger charge is 2.52. The van der Waals surface area contributed by atoms with Crippen LogP contribution in [0.3, 0.4) is 0 Å². The summed E-state index contributed by atoms with van der Waals surface area (Å²) in [7, 11) is -0.706. The quantitative estimate of drug-likeness (QED) is 0.831. The van der Waals surface area contributed by atoms with Crippen LogP contribution in [0.25, 0.3) is 6.08 Å². The van der Waals surface area contributed by atoms with Gasteiger partial charge in [-0.2, -0.15) is 0 Å². The average Bonchev–Trinajstić information content (AvgIpc) is 2.59. The number of aliphatic hydroxyl groups excluding tert-OH is 1. The maximum absolute atomic E-state index is 13.3. The smallest absolute Gasteiger partial charge is 0.400 e. The fourth-order valence-electron chi connectivity index (χ4n) is 1.96. The number of halogens is 1. The molecule has 0 atom stereocenters. The zero-order valence-corrected chi connectivity index (χ0v) is 12.7. The maximum atomic E-state index is 13.3. The zero-order valence-electron chi connectivity index (χ0n) is 12.7. The van der Waals surface area contributed by atoms with Crippen LogP contribution in [0.15, 0.2) is 17.7 Å². The van der Waals surface area contributed by atoms with E-state index in [2.05, 4.69) is 4.98 Å². The second-order valence-corrected chi connectivity index (χ2v) is 6.09. The van der Waals surface area contributed by atoms with E-state index in [-0.39, 0.29) is 12.4 Å². The average molecular weight is 294 g/mol. The van der Waals surface area contributed by atoms with E-state index >= 15 is 0 Å². The summed E-state index contributed by atoms with van der Waals surface area (Å²) in [6, 6.07) is 1.25. The molecule has 0 aromatic carbocycles. The third kappa shape index (κ3) is 3.10. The first-order valence-corrected chi connectivity index (χ1v) is 6.74. The Morgan fingerprint density at radius 1 is 1.38 bits per heavy atom. The number of nitrogen functional groups attached to an aromatic ring is 1. The Labute approximate surface area is 124 Å². The molecule has 1 fully saturated rings. The van der Waals surface area contributed by atoms with Crippen LogP contribution in [0.4, 0.5) is 10.2 Å². The number of aliphatic hydroxyl groups is 1. The topological polar surface area (TPSA) is 77.6 Å². The predicted octanol–water partition coefficient (Wildman–Crippen LogP) is 1.81. The molecule has 0 aliphatic carbocycles. The summed E-state index contributed by atoms with van der Waals surface area (Å²) in [5.41, 5.74) is 5.53. The van der Waals surface area contributed by atoms with Crippen molar-refractivity contribution in [1.29, 1.82) is 0 Å². The minimum Gasteiger partial charge on any atom is -0.400 e. The molecular formula is C14H20BFN2O3. The fraction of sp³-hybridized carbons (Fsp3) is 0.500. The molecule has 2 rings (SSSR count). The molecule has 0 saturated carbocycles. The lowest BCUT2D eigenvalue weighted by Crippen LogP contribution is -2.41. The van der Waals surface area contributed by atoms with Crippen molar-refractivity contribution in [2.45, 2.75) is 38.9 Å². The van der Waals surface area contributed by atoms with Crippen LogP contribution in [-0.2, 0) is 9.31 Å². The molecule has 0 spiro atoms. The molecule has 0 unspecified atom stereocenters. The van der Waals surface area contributed by atoms with Gasteiger partial charge < -0.3 is 20.1 Å². The zero-order chi connectivity index (χ0) is 15.8. The van der Waals surface area contributed by atoms with E-state index < -0.39 is 24.1 Å². The van der Waals surface area contributed by atoms with Crippen LogP contribution in [-0.4, -0.2) is 35.0 Å². The highest BCUT2D eigenvalue weighted by atomic mass is 19.1. The molecule has 0 amide bonds. The first-order valence-electron chi connectivity index (χ1n) is 6.74. The maximum Gasteiger partial charge on any atom is 0.492 e. The summed E-state index contributed by atoms with van der Waals surface area (Å²) >= 11 is 0. The van der Waals surface area contributed by atoms with Crippen LogP contribution in [0.1, 0.15) is 33.3 Å². The van der Waals surface area contributed by atoms with E-state index in [0.717, 1.165) is 6.20 Å². The van der Waals surface area contributed by atoms with Crippen LogP contribution >= 0.6 is 0 Å². The molecule has 2 heterocycles. The van der Waals surface area contributed by atoms with Gasteiger partial charge in [-0.3, -0.25) is 0 Å². The number of pyridine rings is 1.